The van der Waals surface area contributed by atoms with Crippen molar-refractivity contribution in [2.24, 2.45) is 5.73 Å². The molecule has 24 heavy (non-hydrogen) atoms. The molecule has 0 radical (unpaired) electrons. The molecular weight excluding hydrogens is 328 g/mol. The van der Waals surface area contributed by atoms with Crippen LogP contribution in [-0.4, -0.2) is 34.3 Å². The van der Waals surface area contributed by atoms with E-state index in [0.717, 1.165) is 42.4 Å². The van der Waals surface area contributed by atoms with Gasteiger partial charge < -0.3 is 19.8 Å². The van der Waals surface area contributed by atoms with Gasteiger partial charge in [-0.15, -0.1) is 0 Å². The predicted molar refractivity (Wildman–Crippen MR) is 94.0 cm³/mol. The Balaban J connectivity index is 2.22. The Kier molecular flexibility index (Phi) is 5.39. The molecule has 1 aliphatic rings. The van der Waals surface area contributed by atoms with Crippen molar-refractivity contribution in [1.82, 2.24) is 14.5 Å². The molecule has 0 aliphatic heterocycles. The van der Waals surface area contributed by atoms with Gasteiger partial charge in [-0.05, 0) is 44.4 Å². The lowest BCUT2D eigenvalue weighted by Crippen LogP contribution is -2.40. The number of rotatable bonds is 7. The van der Waals surface area contributed by atoms with Crippen molar-refractivity contribution in [3.63, 3.8) is 0 Å². The summed E-state index contributed by atoms with van der Waals surface area (Å²) in [6.07, 6.45) is 5.65. The first-order valence-electron chi connectivity index (χ1n) is 8.63. The number of nitrogens with two attached hydrogens (primary N) is 1. The van der Waals surface area contributed by atoms with Crippen LogP contribution in [0.25, 0.3) is 11.0 Å². The standard InChI is InChI=1S/C17H25ClN4O2/c1-3-23-15(24-4-2)13-9-12-10-20-16(18)21-14(12)22(13)17(11-19)7-5-6-8-17/h9-10,15H,3-8,11,19H2,1-2H3. The van der Waals surface area contributed by atoms with Crippen molar-refractivity contribution in [1.29, 1.82) is 0 Å². The molecule has 0 amide bonds. The Hall–Kier alpha value is -1.21. The quantitative estimate of drug-likeness (QED) is 0.610. The molecule has 1 saturated carbocycles. The molecule has 7 heteroatoms. The van der Waals surface area contributed by atoms with E-state index in [1.165, 1.54) is 0 Å². The summed E-state index contributed by atoms with van der Waals surface area (Å²) in [4.78, 5) is 8.60. The monoisotopic (exact) mass is 352 g/mol. The van der Waals surface area contributed by atoms with Gasteiger partial charge in [-0.2, -0.15) is 4.98 Å². The molecule has 0 atom stereocenters. The second kappa shape index (κ2) is 7.35. The zero-order valence-electron chi connectivity index (χ0n) is 14.3. The van der Waals surface area contributed by atoms with E-state index in [1.807, 2.05) is 19.9 Å². The van der Waals surface area contributed by atoms with Crippen LogP contribution in [0.2, 0.25) is 5.28 Å². The lowest BCUT2D eigenvalue weighted by Gasteiger charge is -2.34. The largest absolute Gasteiger partial charge is 0.347 e. The van der Waals surface area contributed by atoms with Crippen LogP contribution in [0.4, 0.5) is 0 Å². The van der Waals surface area contributed by atoms with Crippen LogP contribution in [0.5, 0.6) is 0 Å². The average molecular weight is 353 g/mol. The number of nitrogens with zero attached hydrogens (tertiary/aromatic N) is 3. The van der Waals surface area contributed by atoms with Gasteiger partial charge in [0.2, 0.25) is 5.28 Å². The first-order chi connectivity index (χ1) is 11.6. The minimum Gasteiger partial charge on any atom is -0.347 e. The van der Waals surface area contributed by atoms with Crippen LogP contribution in [-0.2, 0) is 15.0 Å². The van der Waals surface area contributed by atoms with Gasteiger partial charge in [0.05, 0.1) is 11.2 Å². The molecule has 132 valence electrons. The SMILES string of the molecule is CCOC(OCC)c1cc2cnc(Cl)nc2n1C1(CN)CCCC1. The van der Waals surface area contributed by atoms with E-state index >= 15 is 0 Å². The molecule has 0 bridgehead atoms. The van der Waals surface area contributed by atoms with Crippen molar-refractivity contribution in [2.45, 2.75) is 51.4 Å². The summed E-state index contributed by atoms with van der Waals surface area (Å²) in [6.45, 7) is 5.60. The van der Waals surface area contributed by atoms with Crippen LogP contribution in [0, 0.1) is 0 Å². The molecule has 0 saturated heterocycles. The molecule has 0 unspecified atom stereocenters. The Morgan fingerprint density at radius 3 is 2.54 bits per heavy atom. The molecule has 6 nitrogen and oxygen atoms in total. The average Bonchev–Trinajstić information content (AvgIpc) is 3.19. The fourth-order valence-corrected chi connectivity index (χ4v) is 3.86. The Bertz CT molecular complexity index is 691. The minimum atomic E-state index is -0.447. The zero-order chi connectivity index (χ0) is 17.2. The van der Waals surface area contributed by atoms with Crippen LogP contribution < -0.4 is 5.73 Å². The molecule has 3 rings (SSSR count). The molecule has 2 N–H and O–H groups in total. The van der Waals surface area contributed by atoms with Crippen LogP contribution in [0.3, 0.4) is 0 Å². The highest BCUT2D eigenvalue weighted by atomic mass is 35.5. The number of hydrogen-bond acceptors (Lipinski definition) is 5. The van der Waals surface area contributed by atoms with Crippen molar-refractivity contribution in [2.75, 3.05) is 19.8 Å². The van der Waals surface area contributed by atoms with E-state index in [4.69, 9.17) is 26.8 Å². The van der Waals surface area contributed by atoms with E-state index in [-0.39, 0.29) is 10.8 Å². The summed E-state index contributed by atoms with van der Waals surface area (Å²) in [5, 5.41) is 1.17. The van der Waals surface area contributed by atoms with Crippen molar-refractivity contribution >= 4 is 22.6 Å². The Morgan fingerprint density at radius 1 is 1.29 bits per heavy atom. The molecule has 2 aromatic heterocycles. The molecule has 2 heterocycles. The lowest BCUT2D eigenvalue weighted by molar-refractivity contribution is -0.145. The first-order valence-corrected chi connectivity index (χ1v) is 9.00. The number of hydrogen-bond donors (Lipinski definition) is 1. The number of ether oxygens (including phenoxy) is 2. The van der Waals surface area contributed by atoms with Crippen molar-refractivity contribution in [3.05, 3.63) is 23.2 Å². The summed E-state index contributed by atoms with van der Waals surface area (Å²) >= 11 is 6.07. The third kappa shape index (κ3) is 3.04. The van der Waals surface area contributed by atoms with Gasteiger partial charge in [-0.25, -0.2) is 4.98 Å². The van der Waals surface area contributed by atoms with E-state index in [1.54, 1.807) is 6.20 Å². The minimum absolute atomic E-state index is 0.165. The van der Waals surface area contributed by atoms with Crippen molar-refractivity contribution < 1.29 is 9.47 Å². The van der Waals surface area contributed by atoms with E-state index < -0.39 is 6.29 Å². The fraction of sp³-hybridized carbons (Fsp3) is 0.647. The van der Waals surface area contributed by atoms with Crippen LogP contribution >= 0.6 is 11.6 Å². The van der Waals surface area contributed by atoms with Gasteiger partial charge in [-0.1, -0.05) is 12.8 Å². The third-order valence-corrected chi connectivity index (χ3v) is 4.99. The van der Waals surface area contributed by atoms with Crippen molar-refractivity contribution in [3.8, 4) is 0 Å². The van der Waals surface area contributed by atoms with Gasteiger partial charge >= 0.3 is 0 Å². The highest BCUT2D eigenvalue weighted by Crippen LogP contribution is 2.41. The van der Waals surface area contributed by atoms with E-state index in [9.17, 15) is 0 Å². The van der Waals surface area contributed by atoms with Gasteiger partial charge in [0.15, 0.2) is 6.29 Å². The summed E-state index contributed by atoms with van der Waals surface area (Å²) < 4.78 is 13.9. The Morgan fingerprint density at radius 2 is 1.96 bits per heavy atom. The maximum absolute atomic E-state index is 6.23. The number of fused-ring (bicyclic) bond motifs is 1. The first kappa shape index (κ1) is 17.6. The highest BCUT2D eigenvalue weighted by Gasteiger charge is 2.39. The van der Waals surface area contributed by atoms with Crippen LogP contribution in [0.1, 0.15) is 51.5 Å². The summed E-state index contributed by atoms with van der Waals surface area (Å²) in [7, 11) is 0. The van der Waals surface area contributed by atoms with Gasteiger partial charge in [0, 0.05) is 31.3 Å². The fourth-order valence-electron chi connectivity index (χ4n) is 3.73. The summed E-state index contributed by atoms with van der Waals surface area (Å²) in [6, 6.07) is 2.04. The number of halogens is 1. The third-order valence-electron chi connectivity index (χ3n) is 4.81. The summed E-state index contributed by atoms with van der Waals surface area (Å²) in [5.74, 6) is 0. The summed E-state index contributed by atoms with van der Waals surface area (Å²) in [5.41, 5.74) is 7.81. The molecular formula is C17H25ClN4O2. The predicted octanol–water partition coefficient (Wildman–Crippen LogP) is 3.38. The van der Waals surface area contributed by atoms with Gasteiger partial charge in [0.25, 0.3) is 0 Å². The smallest absolute Gasteiger partial charge is 0.224 e. The second-order valence-corrected chi connectivity index (χ2v) is 6.54. The van der Waals surface area contributed by atoms with Crippen LogP contribution in [0.15, 0.2) is 12.3 Å². The lowest BCUT2D eigenvalue weighted by atomic mass is 9.97. The maximum atomic E-state index is 6.23. The molecule has 2 aromatic rings. The second-order valence-electron chi connectivity index (χ2n) is 6.20. The molecule has 1 aliphatic carbocycles. The molecule has 0 spiro atoms. The normalized spacial score (nSPS) is 17.2. The molecule has 1 fully saturated rings. The maximum Gasteiger partial charge on any atom is 0.224 e. The van der Waals surface area contributed by atoms with E-state index in [2.05, 4.69) is 14.5 Å². The highest BCUT2D eigenvalue weighted by molar-refractivity contribution is 6.28. The van der Waals surface area contributed by atoms with Gasteiger partial charge in [0.1, 0.15) is 5.65 Å². The van der Waals surface area contributed by atoms with E-state index in [0.29, 0.717) is 19.8 Å². The molecule has 0 aromatic carbocycles. The Labute approximate surface area is 147 Å². The number of aromatic nitrogens is 3. The van der Waals surface area contributed by atoms with Gasteiger partial charge in [-0.3, -0.25) is 0 Å². The topological polar surface area (TPSA) is 75.2 Å². The zero-order valence-corrected chi connectivity index (χ0v) is 15.1.